The van der Waals surface area contributed by atoms with Gasteiger partial charge in [0.1, 0.15) is 6.61 Å². The van der Waals surface area contributed by atoms with Gasteiger partial charge in [0.2, 0.25) is 11.8 Å². The van der Waals surface area contributed by atoms with Crippen LogP contribution in [0.2, 0.25) is 0 Å². The molecular formula is C13H26N2O3. The van der Waals surface area contributed by atoms with Crippen molar-refractivity contribution in [2.45, 2.75) is 46.6 Å². The van der Waals surface area contributed by atoms with E-state index >= 15 is 0 Å². The van der Waals surface area contributed by atoms with E-state index in [4.69, 9.17) is 4.74 Å². The van der Waals surface area contributed by atoms with Crippen molar-refractivity contribution in [3.63, 3.8) is 0 Å². The molecule has 0 aliphatic carbocycles. The smallest absolute Gasteiger partial charge is 0.246 e. The number of ether oxygens (including phenoxy) is 1. The van der Waals surface area contributed by atoms with Crippen LogP contribution in [0.5, 0.6) is 0 Å². The molecule has 2 N–H and O–H groups in total. The van der Waals surface area contributed by atoms with Gasteiger partial charge in [-0.2, -0.15) is 0 Å². The molecule has 0 aromatic heterocycles. The molecule has 0 heterocycles. The number of hydrogen-bond acceptors (Lipinski definition) is 3. The lowest BCUT2D eigenvalue weighted by Gasteiger charge is -2.11. The van der Waals surface area contributed by atoms with Gasteiger partial charge in [0.25, 0.3) is 0 Å². The Bertz CT molecular complexity index is 255. The SMILES string of the molecule is CCC(C)OCC(=O)NCCCNC(=O)C(C)C. The first kappa shape index (κ1) is 16.9. The third kappa shape index (κ3) is 8.98. The third-order valence-electron chi connectivity index (χ3n) is 2.57. The van der Waals surface area contributed by atoms with Crippen molar-refractivity contribution in [3.05, 3.63) is 0 Å². The summed E-state index contributed by atoms with van der Waals surface area (Å²) in [5.41, 5.74) is 0. The molecule has 0 spiro atoms. The van der Waals surface area contributed by atoms with Crippen LogP contribution in [0, 0.1) is 5.92 Å². The van der Waals surface area contributed by atoms with Crippen LogP contribution < -0.4 is 10.6 Å². The van der Waals surface area contributed by atoms with Crippen LogP contribution in [-0.2, 0) is 14.3 Å². The number of hydrogen-bond donors (Lipinski definition) is 2. The molecule has 0 aliphatic rings. The lowest BCUT2D eigenvalue weighted by Crippen LogP contribution is -2.33. The van der Waals surface area contributed by atoms with Gasteiger partial charge in [0.15, 0.2) is 0 Å². The zero-order chi connectivity index (χ0) is 14.0. The largest absolute Gasteiger partial charge is 0.369 e. The second-order valence-electron chi connectivity index (χ2n) is 4.68. The van der Waals surface area contributed by atoms with Gasteiger partial charge in [-0.05, 0) is 19.8 Å². The highest BCUT2D eigenvalue weighted by molar-refractivity contribution is 5.78. The Morgan fingerprint density at radius 2 is 1.72 bits per heavy atom. The number of rotatable bonds is 9. The van der Waals surface area contributed by atoms with Crippen LogP contribution in [0.3, 0.4) is 0 Å². The first-order chi connectivity index (χ1) is 8.47. The average Bonchev–Trinajstić information content (AvgIpc) is 2.34. The third-order valence-corrected chi connectivity index (χ3v) is 2.57. The van der Waals surface area contributed by atoms with Crippen LogP contribution in [0.15, 0.2) is 0 Å². The summed E-state index contributed by atoms with van der Waals surface area (Å²) in [6, 6.07) is 0. The molecule has 1 atom stereocenters. The van der Waals surface area contributed by atoms with Gasteiger partial charge in [-0.25, -0.2) is 0 Å². The summed E-state index contributed by atoms with van der Waals surface area (Å²) in [7, 11) is 0. The molecule has 0 saturated heterocycles. The van der Waals surface area contributed by atoms with E-state index in [1.807, 2.05) is 27.7 Å². The summed E-state index contributed by atoms with van der Waals surface area (Å²) in [5, 5.41) is 5.54. The first-order valence-corrected chi connectivity index (χ1v) is 6.63. The lowest BCUT2D eigenvalue weighted by molar-refractivity contribution is -0.127. The number of nitrogens with one attached hydrogen (secondary N) is 2. The standard InChI is InChI=1S/C13H26N2O3/c1-5-11(4)18-9-12(16)14-7-6-8-15-13(17)10(2)3/h10-11H,5-9H2,1-4H3,(H,14,16)(H,15,17). The van der Waals surface area contributed by atoms with Crippen LogP contribution in [0.1, 0.15) is 40.5 Å². The van der Waals surface area contributed by atoms with Crippen molar-refractivity contribution in [2.24, 2.45) is 5.92 Å². The van der Waals surface area contributed by atoms with Gasteiger partial charge < -0.3 is 15.4 Å². The van der Waals surface area contributed by atoms with Crippen molar-refractivity contribution in [2.75, 3.05) is 19.7 Å². The minimum atomic E-state index is -0.106. The molecule has 5 nitrogen and oxygen atoms in total. The lowest BCUT2D eigenvalue weighted by atomic mass is 10.2. The van der Waals surface area contributed by atoms with E-state index in [-0.39, 0.29) is 30.4 Å². The minimum absolute atomic E-state index is 0.00326. The zero-order valence-electron chi connectivity index (χ0n) is 11.9. The summed E-state index contributed by atoms with van der Waals surface area (Å²) >= 11 is 0. The summed E-state index contributed by atoms with van der Waals surface area (Å²) in [4.78, 5) is 22.6. The molecule has 0 aromatic carbocycles. The molecule has 0 saturated carbocycles. The van der Waals surface area contributed by atoms with Crippen LogP contribution in [0.25, 0.3) is 0 Å². The van der Waals surface area contributed by atoms with Crippen molar-refractivity contribution in [1.29, 1.82) is 0 Å². The Hall–Kier alpha value is -1.10. The van der Waals surface area contributed by atoms with E-state index in [0.717, 1.165) is 12.8 Å². The molecule has 0 radical (unpaired) electrons. The molecule has 0 bridgehead atoms. The summed E-state index contributed by atoms with van der Waals surface area (Å²) in [6.07, 6.45) is 1.74. The Balaban J connectivity index is 3.43. The predicted octanol–water partition coefficient (Wildman–Crippen LogP) is 1.08. The maximum absolute atomic E-state index is 11.3. The van der Waals surface area contributed by atoms with E-state index < -0.39 is 0 Å². The molecule has 0 aromatic rings. The molecular weight excluding hydrogens is 232 g/mol. The second-order valence-corrected chi connectivity index (χ2v) is 4.68. The molecule has 18 heavy (non-hydrogen) atoms. The Morgan fingerprint density at radius 3 is 2.28 bits per heavy atom. The van der Waals surface area contributed by atoms with Crippen molar-refractivity contribution in [3.8, 4) is 0 Å². The monoisotopic (exact) mass is 258 g/mol. The highest BCUT2D eigenvalue weighted by atomic mass is 16.5. The average molecular weight is 258 g/mol. The zero-order valence-corrected chi connectivity index (χ0v) is 11.9. The van der Waals surface area contributed by atoms with Gasteiger partial charge in [-0.1, -0.05) is 20.8 Å². The number of carbonyl (C=O) groups excluding carboxylic acids is 2. The summed E-state index contributed by atoms with van der Waals surface area (Å²) < 4.78 is 5.30. The fraction of sp³-hybridized carbons (Fsp3) is 0.846. The Kier molecular flexibility index (Phi) is 9.28. The molecule has 1 unspecified atom stereocenters. The van der Waals surface area contributed by atoms with E-state index in [9.17, 15) is 9.59 Å². The molecule has 2 amide bonds. The topological polar surface area (TPSA) is 67.4 Å². The predicted molar refractivity (Wildman–Crippen MR) is 71.2 cm³/mol. The second kappa shape index (κ2) is 9.88. The summed E-state index contributed by atoms with van der Waals surface area (Å²) in [5.74, 6) is -0.0598. The van der Waals surface area contributed by atoms with Crippen molar-refractivity contribution < 1.29 is 14.3 Å². The fourth-order valence-corrected chi connectivity index (χ4v) is 1.12. The molecule has 106 valence electrons. The highest BCUT2D eigenvalue weighted by Gasteiger charge is 2.06. The van der Waals surface area contributed by atoms with Crippen molar-refractivity contribution >= 4 is 11.8 Å². The summed E-state index contributed by atoms with van der Waals surface area (Å²) in [6.45, 7) is 8.90. The van der Waals surface area contributed by atoms with Gasteiger partial charge in [0, 0.05) is 19.0 Å². The van der Waals surface area contributed by atoms with E-state index in [1.165, 1.54) is 0 Å². The van der Waals surface area contributed by atoms with Crippen molar-refractivity contribution in [1.82, 2.24) is 10.6 Å². The molecule has 0 rings (SSSR count). The van der Waals surface area contributed by atoms with Crippen LogP contribution >= 0.6 is 0 Å². The van der Waals surface area contributed by atoms with E-state index in [1.54, 1.807) is 0 Å². The van der Waals surface area contributed by atoms with Crippen LogP contribution in [-0.4, -0.2) is 37.6 Å². The highest BCUT2D eigenvalue weighted by Crippen LogP contribution is 1.94. The van der Waals surface area contributed by atoms with E-state index in [2.05, 4.69) is 10.6 Å². The molecule has 0 fully saturated rings. The van der Waals surface area contributed by atoms with Gasteiger partial charge in [-0.3, -0.25) is 9.59 Å². The number of amides is 2. The minimum Gasteiger partial charge on any atom is -0.369 e. The Labute approximate surface area is 110 Å². The van der Waals surface area contributed by atoms with E-state index in [0.29, 0.717) is 13.1 Å². The normalized spacial score (nSPS) is 12.3. The van der Waals surface area contributed by atoms with Gasteiger partial charge in [0.05, 0.1) is 6.10 Å². The molecule has 5 heteroatoms. The van der Waals surface area contributed by atoms with Gasteiger partial charge >= 0.3 is 0 Å². The van der Waals surface area contributed by atoms with Crippen LogP contribution in [0.4, 0.5) is 0 Å². The molecule has 0 aliphatic heterocycles. The number of carbonyl (C=O) groups is 2. The quantitative estimate of drug-likeness (QED) is 0.608. The maximum Gasteiger partial charge on any atom is 0.246 e. The van der Waals surface area contributed by atoms with Gasteiger partial charge in [-0.15, -0.1) is 0 Å². The first-order valence-electron chi connectivity index (χ1n) is 6.63. The maximum atomic E-state index is 11.3. The Morgan fingerprint density at radius 1 is 1.11 bits per heavy atom. The fourth-order valence-electron chi connectivity index (χ4n) is 1.12.